The van der Waals surface area contributed by atoms with Gasteiger partial charge in [0.2, 0.25) is 5.91 Å². The molecule has 0 saturated carbocycles. The maximum Gasteiger partial charge on any atom is 0.310 e. The number of likely N-dealkylation sites (tertiary alicyclic amines) is 2. The molecule has 0 bridgehead atoms. The summed E-state index contributed by atoms with van der Waals surface area (Å²) in [5, 5.41) is 0. The minimum Gasteiger partial charge on any atom is -0.436 e. The zero-order valence-electron chi connectivity index (χ0n) is 19.3. The van der Waals surface area contributed by atoms with Gasteiger partial charge in [0.25, 0.3) is 5.89 Å². The van der Waals surface area contributed by atoms with E-state index in [1.807, 2.05) is 41.3 Å². The van der Waals surface area contributed by atoms with Crippen molar-refractivity contribution in [3.63, 3.8) is 0 Å². The summed E-state index contributed by atoms with van der Waals surface area (Å²) in [6.07, 6.45) is 3.00. The van der Waals surface area contributed by atoms with Gasteiger partial charge in [-0.25, -0.2) is 4.98 Å². The fraction of sp³-hybridized carbons (Fsp3) is 0.370. The lowest BCUT2D eigenvalue weighted by molar-refractivity contribution is -0.134. The Kier molecular flexibility index (Phi) is 6.20. The van der Waals surface area contributed by atoms with Crippen molar-refractivity contribution in [2.24, 2.45) is 5.73 Å². The second kappa shape index (κ2) is 9.43. The Morgan fingerprint density at radius 2 is 1.65 bits per heavy atom. The zero-order valence-corrected chi connectivity index (χ0v) is 19.3. The molecule has 4 atom stereocenters. The first-order chi connectivity index (χ1) is 16.5. The van der Waals surface area contributed by atoms with E-state index >= 15 is 0 Å². The van der Waals surface area contributed by atoms with Crippen molar-refractivity contribution in [3.05, 3.63) is 89.6 Å². The molecule has 3 aromatic rings. The van der Waals surface area contributed by atoms with Crippen LogP contribution in [-0.4, -0.2) is 52.3 Å². The van der Waals surface area contributed by atoms with Crippen molar-refractivity contribution in [2.45, 2.75) is 43.7 Å². The number of rotatable bonds is 5. The Hall–Kier alpha value is -3.45. The van der Waals surface area contributed by atoms with E-state index in [-0.39, 0.29) is 29.7 Å². The second-order valence-corrected chi connectivity index (χ2v) is 9.35. The average molecular weight is 459 g/mol. The van der Waals surface area contributed by atoms with Crippen molar-refractivity contribution in [1.29, 1.82) is 0 Å². The van der Waals surface area contributed by atoms with E-state index in [2.05, 4.69) is 29.2 Å². The third kappa shape index (κ3) is 4.35. The highest BCUT2D eigenvalue weighted by atomic mass is 16.4. The monoisotopic (exact) mass is 458 g/mol. The molecule has 1 aromatic heterocycles. The summed E-state index contributed by atoms with van der Waals surface area (Å²) in [6.45, 7) is 3.59. The summed E-state index contributed by atoms with van der Waals surface area (Å²) in [4.78, 5) is 34.9. The number of carbonyl (C=O) groups is 2. The van der Waals surface area contributed by atoms with Gasteiger partial charge in [0.05, 0.1) is 12.2 Å². The fourth-order valence-electron chi connectivity index (χ4n) is 5.15. The predicted octanol–water partition coefficient (Wildman–Crippen LogP) is 3.71. The standard InChI is InChI=1S/C27H30N4O3/c1-18(28)24-15-29-25(34-24)27(33)31-17-22(20-10-6-3-7-11-20)14-23(31)26(32)30-13-12-21(16-30)19-8-4-2-5-9-19/h2-11,15,18,21-23H,12-14,16-17,28H2,1H3/t18-,21-,22-,23-/m0/s1. The first kappa shape index (κ1) is 22.3. The Bertz CT molecular complexity index is 1140. The molecule has 5 rings (SSSR count). The van der Waals surface area contributed by atoms with Crippen LogP contribution in [0.2, 0.25) is 0 Å². The molecule has 2 aliphatic rings. The predicted molar refractivity (Wildman–Crippen MR) is 128 cm³/mol. The maximum absolute atomic E-state index is 13.7. The molecule has 176 valence electrons. The molecule has 7 heteroatoms. The fourth-order valence-corrected chi connectivity index (χ4v) is 5.15. The van der Waals surface area contributed by atoms with Crippen LogP contribution < -0.4 is 5.73 Å². The number of amides is 2. The summed E-state index contributed by atoms with van der Waals surface area (Å²) >= 11 is 0. The van der Waals surface area contributed by atoms with Gasteiger partial charge < -0.3 is 20.0 Å². The van der Waals surface area contributed by atoms with E-state index in [9.17, 15) is 9.59 Å². The molecule has 0 radical (unpaired) electrons. The van der Waals surface area contributed by atoms with E-state index in [0.29, 0.717) is 37.7 Å². The van der Waals surface area contributed by atoms with E-state index < -0.39 is 6.04 Å². The number of nitrogens with two attached hydrogens (primary N) is 1. The topological polar surface area (TPSA) is 92.7 Å². The minimum atomic E-state index is -0.544. The Morgan fingerprint density at radius 3 is 2.26 bits per heavy atom. The van der Waals surface area contributed by atoms with Gasteiger partial charge in [0, 0.05) is 31.5 Å². The van der Waals surface area contributed by atoms with Crippen LogP contribution in [0, 0.1) is 0 Å². The average Bonchev–Trinajstić information content (AvgIpc) is 3.64. The molecule has 0 unspecified atom stereocenters. The molecular weight excluding hydrogens is 428 g/mol. The van der Waals surface area contributed by atoms with Crippen LogP contribution in [0.1, 0.15) is 65.2 Å². The van der Waals surface area contributed by atoms with Gasteiger partial charge in [0.15, 0.2) is 0 Å². The van der Waals surface area contributed by atoms with E-state index in [4.69, 9.17) is 10.2 Å². The lowest BCUT2D eigenvalue weighted by Gasteiger charge is -2.27. The number of hydrogen-bond acceptors (Lipinski definition) is 5. The van der Waals surface area contributed by atoms with Crippen LogP contribution in [0.5, 0.6) is 0 Å². The highest BCUT2D eigenvalue weighted by Gasteiger charge is 2.44. The molecule has 2 fully saturated rings. The summed E-state index contributed by atoms with van der Waals surface area (Å²) in [7, 11) is 0. The number of oxazole rings is 1. The highest BCUT2D eigenvalue weighted by molar-refractivity contribution is 5.95. The van der Waals surface area contributed by atoms with Crippen molar-refractivity contribution in [3.8, 4) is 0 Å². The zero-order chi connectivity index (χ0) is 23.7. The largest absolute Gasteiger partial charge is 0.436 e. The highest BCUT2D eigenvalue weighted by Crippen LogP contribution is 2.35. The summed E-state index contributed by atoms with van der Waals surface area (Å²) in [5.41, 5.74) is 8.26. The minimum absolute atomic E-state index is 0.00387. The normalized spacial score (nSPS) is 23.3. The molecule has 2 saturated heterocycles. The molecular formula is C27H30N4O3. The van der Waals surface area contributed by atoms with Gasteiger partial charge in [0.1, 0.15) is 11.8 Å². The van der Waals surface area contributed by atoms with Crippen molar-refractivity contribution in [2.75, 3.05) is 19.6 Å². The van der Waals surface area contributed by atoms with Crippen molar-refractivity contribution < 1.29 is 14.0 Å². The molecule has 2 aliphatic heterocycles. The molecule has 2 amide bonds. The lowest BCUT2D eigenvalue weighted by atomic mass is 9.96. The molecule has 3 heterocycles. The van der Waals surface area contributed by atoms with Crippen molar-refractivity contribution in [1.82, 2.24) is 14.8 Å². The summed E-state index contributed by atoms with van der Waals surface area (Å²) < 4.78 is 5.64. The molecule has 2 N–H and O–H groups in total. The number of hydrogen-bond donors (Lipinski definition) is 1. The molecule has 0 spiro atoms. The van der Waals surface area contributed by atoms with Gasteiger partial charge >= 0.3 is 5.91 Å². The summed E-state index contributed by atoms with van der Waals surface area (Å²) in [5.74, 6) is 0.486. The third-order valence-electron chi connectivity index (χ3n) is 7.04. The maximum atomic E-state index is 13.7. The number of benzene rings is 2. The SMILES string of the molecule is C[C@H](N)c1cnc(C(=O)N2C[C@@H](c3ccccc3)C[C@H]2C(=O)N2CC[C@H](c3ccccc3)C2)o1. The number of nitrogens with zero attached hydrogens (tertiary/aromatic N) is 3. The van der Waals surface area contributed by atoms with Crippen LogP contribution in [0.25, 0.3) is 0 Å². The van der Waals surface area contributed by atoms with Crippen LogP contribution in [-0.2, 0) is 4.79 Å². The van der Waals surface area contributed by atoms with Crippen LogP contribution >= 0.6 is 0 Å². The van der Waals surface area contributed by atoms with Crippen molar-refractivity contribution >= 4 is 11.8 Å². The Morgan fingerprint density at radius 1 is 1.00 bits per heavy atom. The van der Waals surface area contributed by atoms with E-state index in [1.54, 1.807) is 11.8 Å². The number of aromatic nitrogens is 1. The number of carbonyl (C=O) groups excluding carboxylic acids is 2. The van der Waals surface area contributed by atoms with Crippen LogP contribution in [0.4, 0.5) is 0 Å². The smallest absolute Gasteiger partial charge is 0.310 e. The Labute approximate surface area is 199 Å². The van der Waals surface area contributed by atoms with E-state index in [1.165, 1.54) is 11.8 Å². The molecule has 34 heavy (non-hydrogen) atoms. The van der Waals surface area contributed by atoms with Gasteiger partial charge in [-0.2, -0.15) is 0 Å². The lowest BCUT2D eigenvalue weighted by Crippen LogP contribution is -2.47. The summed E-state index contributed by atoms with van der Waals surface area (Å²) in [6, 6.07) is 19.5. The van der Waals surface area contributed by atoms with Gasteiger partial charge in [-0.05, 0) is 30.9 Å². The van der Waals surface area contributed by atoms with Gasteiger partial charge in [-0.1, -0.05) is 60.7 Å². The van der Waals surface area contributed by atoms with Crippen LogP contribution in [0.3, 0.4) is 0 Å². The molecule has 7 nitrogen and oxygen atoms in total. The first-order valence-electron chi connectivity index (χ1n) is 11.9. The quantitative estimate of drug-likeness (QED) is 0.629. The van der Waals surface area contributed by atoms with Crippen LogP contribution in [0.15, 0.2) is 71.3 Å². The van der Waals surface area contributed by atoms with Gasteiger partial charge in [-0.3, -0.25) is 9.59 Å². The molecule has 0 aliphatic carbocycles. The second-order valence-electron chi connectivity index (χ2n) is 9.35. The third-order valence-corrected chi connectivity index (χ3v) is 7.04. The van der Waals surface area contributed by atoms with E-state index in [0.717, 1.165) is 12.0 Å². The van der Waals surface area contributed by atoms with Gasteiger partial charge in [-0.15, -0.1) is 0 Å². The molecule has 2 aromatic carbocycles. The first-order valence-corrected chi connectivity index (χ1v) is 11.9. The Balaban J connectivity index is 1.38.